The van der Waals surface area contributed by atoms with Crippen molar-refractivity contribution in [3.05, 3.63) is 65.2 Å². The zero-order valence-electron chi connectivity index (χ0n) is 11.7. The van der Waals surface area contributed by atoms with Gasteiger partial charge in [0, 0.05) is 10.9 Å². The van der Waals surface area contributed by atoms with Crippen molar-refractivity contribution in [1.29, 1.82) is 0 Å². The van der Waals surface area contributed by atoms with Crippen LogP contribution in [0.1, 0.15) is 16.7 Å². The number of hydrogen-bond acceptors (Lipinski definition) is 1. The van der Waals surface area contributed by atoms with E-state index in [-0.39, 0.29) is 0 Å². The molecule has 1 heterocycles. The molecule has 0 fully saturated rings. The molecule has 1 aliphatic rings. The highest BCUT2D eigenvalue weighted by molar-refractivity contribution is 5.96. The SMILES string of the molecule is Cc1ccc2c(c1)COc1c-2ccc2cc(C)ccc12. The molecular formula is C19H16O. The minimum atomic E-state index is 0.664. The minimum absolute atomic E-state index is 0.664. The number of ether oxygens (including phenoxy) is 1. The molecule has 0 aliphatic carbocycles. The molecule has 0 bridgehead atoms. The summed E-state index contributed by atoms with van der Waals surface area (Å²) in [6, 6.07) is 17.5. The lowest BCUT2D eigenvalue weighted by atomic mass is 9.93. The van der Waals surface area contributed by atoms with Crippen LogP contribution in [-0.2, 0) is 6.61 Å². The fraction of sp³-hybridized carbons (Fsp3) is 0.158. The van der Waals surface area contributed by atoms with E-state index < -0.39 is 0 Å². The summed E-state index contributed by atoms with van der Waals surface area (Å²) >= 11 is 0. The topological polar surface area (TPSA) is 9.23 Å². The molecule has 0 saturated heterocycles. The fourth-order valence-corrected chi connectivity index (χ4v) is 3.04. The minimum Gasteiger partial charge on any atom is -0.488 e. The third-order valence-corrected chi connectivity index (χ3v) is 4.05. The summed E-state index contributed by atoms with van der Waals surface area (Å²) in [5, 5.41) is 2.46. The summed E-state index contributed by atoms with van der Waals surface area (Å²) in [5.41, 5.74) is 6.36. The summed E-state index contributed by atoms with van der Waals surface area (Å²) in [6.45, 7) is 4.91. The molecular weight excluding hydrogens is 244 g/mol. The highest BCUT2D eigenvalue weighted by Crippen LogP contribution is 2.42. The van der Waals surface area contributed by atoms with Gasteiger partial charge in [-0.1, -0.05) is 59.7 Å². The maximum atomic E-state index is 6.06. The first-order chi connectivity index (χ1) is 9.72. The maximum Gasteiger partial charge on any atom is 0.135 e. The highest BCUT2D eigenvalue weighted by atomic mass is 16.5. The van der Waals surface area contributed by atoms with Crippen LogP contribution in [0.25, 0.3) is 21.9 Å². The molecule has 1 nitrogen and oxygen atoms in total. The van der Waals surface area contributed by atoms with E-state index in [4.69, 9.17) is 4.74 Å². The smallest absolute Gasteiger partial charge is 0.135 e. The summed E-state index contributed by atoms with van der Waals surface area (Å²) in [5.74, 6) is 1.03. The molecule has 0 saturated carbocycles. The Hall–Kier alpha value is -2.28. The van der Waals surface area contributed by atoms with Gasteiger partial charge in [0.2, 0.25) is 0 Å². The van der Waals surface area contributed by atoms with E-state index in [2.05, 4.69) is 62.4 Å². The number of hydrogen-bond donors (Lipinski definition) is 0. The second-order valence-corrected chi connectivity index (χ2v) is 5.62. The first kappa shape index (κ1) is 11.5. The Morgan fingerprint density at radius 1 is 0.800 bits per heavy atom. The summed E-state index contributed by atoms with van der Waals surface area (Å²) in [4.78, 5) is 0. The zero-order valence-corrected chi connectivity index (χ0v) is 11.7. The van der Waals surface area contributed by atoms with Gasteiger partial charge in [0.25, 0.3) is 0 Å². The van der Waals surface area contributed by atoms with Crippen molar-refractivity contribution in [2.75, 3.05) is 0 Å². The molecule has 0 spiro atoms. The van der Waals surface area contributed by atoms with Crippen LogP contribution in [0.15, 0.2) is 48.5 Å². The molecule has 3 aromatic carbocycles. The molecule has 0 aromatic heterocycles. The molecule has 1 aliphatic heterocycles. The van der Waals surface area contributed by atoms with Gasteiger partial charge in [-0.25, -0.2) is 0 Å². The second kappa shape index (κ2) is 4.11. The molecule has 3 aromatic rings. The van der Waals surface area contributed by atoms with Gasteiger partial charge in [0.15, 0.2) is 0 Å². The molecule has 1 heteroatoms. The van der Waals surface area contributed by atoms with Crippen LogP contribution in [0, 0.1) is 13.8 Å². The van der Waals surface area contributed by atoms with Gasteiger partial charge in [-0.05, 0) is 30.4 Å². The Bertz CT molecular complexity index is 831. The van der Waals surface area contributed by atoms with E-state index in [1.165, 1.54) is 38.6 Å². The second-order valence-electron chi connectivity index (χ2n) is 5.62. The van der Waals surface area contributed by atoms with Gasteiger partial charge in [0.1, 0.15) is 12.4 Å². The van der Waals surface area contributed by atoms with Crippen LogP contribution < -0.4 is 4.74 Å². The van der Waals surface area contributed by atoms with Crippen molar-refractivity contribution in [2.45, 2.75) is 20.5 Å². The Balaban J connectivity index is 2.03. The lowest BCUT2D eigenvalue weighted by Crippen LogP contribution is -2.06. The molecule has 98 valence electrons. The first-order valence-electron chi connectivity index (χ1n) is 6.98. The lowest BCUT2D eigenvalue weighted by Gasteiger charge is -2.23. The van der Waals surface area contributed by atoms with Gasteiger partial charge >= 0.3 is 0 Å². The van der Waals surface area contributed by atoms with Crippen LogP contribution in [0.4, 0.5) is 0 Å². The number of rotatable bonds is 0. The van der Waals surface area contributed by atoms with Crippen LogP contribution in [0.3, 0.4) is 0 Å². The van der Waals surface area contributed by atoms with E-state index in [1.54, 1.807) is 0 Å². The molecule has 0 amide bonds. The molecule has 0 radical (unpaired) electrons. The predicted octanol–water partition coefficient (Wildman–Crippen LogP) is 5.02. The van der Waals surface area contributed by atoms with Gasteiger partial charge in [-0.3, -0.25) is 0 Å². The average molecular weight is 260 g/mol. The van der Waals surface area contributed by atoms with Crippen LogP contribution in [0.5, 0.6) is 5.75 Å². The van der Waals surface area contributed by atoms with Gasteiger partial charge < -0.3 is 4.74 Å². The summed E-state index contributed by atoms with van der Waals surface area (Å²) in [7, 11) is 0. The standard InChI is InChI=1S/C19H16O/c1-12-4-7-17-14(9-12)5-8-18-16-6-3-13(2)10-15(16)11-20-19(17)18/h3-10H,11H2,1-2H3. The number of benzene rings is 3. The van der Waals surface area contributed by atoms with Crippen molar-refractivity contribution < 1.29 is 4.74 Å². The number of aryl methyl sites for hydroxylation is 2. The largest absolute Gasteiger partial charge is 0.488 e. The zero-order chi connectivity index (χ0) is 13.7. The summed E-state index contributed by atoms with van der Waals surface area (Å²) < 4.78 is 6.06. The van der Waals surface area contributed by atoms with E-state index >= 15 is 0 Å². The Labute approximate surface area is 118 Å². The molecule has 20 heavy (non-hydrogen) atoms. The van der Waals surface area contributed by atoms with Gasteiger partial charge in [0.05, 0.1) is 0 Å². The fourth-order valence-electron chi connectivity index (χ4n) is 3.04. The maximum absolute atomic E-state index is 6.06. The van der Waals surface area contributed by atoms with Crippen molar-refractivity contribution in [3.8, 4) is 16.9 Å². The predicted molar refractivity (Wildman–Crippen MR) is 83.2 cm³/mol. The quantitative estimate of drug-likeness (QED) is 0.551. The first-order valence-corrected chi connectivity index (χ1v) is 6.98. The van der Waals surface area contributed by atoms with Crippen LogP contribution >= 0.6 is 0 Å². The van der Waals surface area contributed by atoms with Crippen molar-refractivity contribution in [1.82, 2.24) is 0 Å². The number of fused-ring (bicyclic) bond motifs is 5. The Kier molecular flexibility index (Phi) is 2.37. The molecule has 0 N–H and O–H groups in total. The average Bonchev–Trinajstić information content (AvgIpc) is 2.45. The third-order valence-electron chi connectivity index (χ3n) is 4.05. The van der Waals surface area contributed by atoms with Gasteiger partial charge in [-0.2, -0.15) is 0 Å². The molecule has 4 rings (SSSR count). The Morgan fingerprint density at radius 2 is 1.55 bits per heavy atom. The monoisotopic (exact) mass is 260 g/mol. The van der Waals surface area contributed by atoms with Gasteiger partial charge in [-0.15, -0.1) is 0 Å². The lowest BCUT2D eigenvalue weighted by molar-refractivity contribution is 0.306. The van der Waals surface area contributed by atoms with Crippen molar-refractivity contribution in [3.63, 3.8) is 0 Å². The van der Waals surface area contributed by atoms with E-state index in [0.717, 1.165) is 5.75 Å². The van der Waals surface area contributed by atoms with Crippen LogP contribution in [-0.4, -0.2) is 0 Å². The van der Waals surface area contributed by atoms with Crippen molar-refractivity contribution in [2.24, 2.45) is 0 Å². The van der Waals surface area contributed by atoms with E-state index in [1.807, 2.05) is 0 Å². The van der Waals surface area contributed by atoms with E-state index in [9.17, 15) is 0 Å². The van der Waals surface area contributed by atoms with E-state index in [0.29, 0.717) is 6.61 Å². The molecule has 0 unspecified atom stereocenters. The molecule has 0 atom stereocenters. The highest BCUT2D eigenvalue weighted by Gasteiger charge is 2.19. The third kappa shape index (κ3) is 1.63. The normalized spacial score (nSPS) is 12.7. The Morgan fingerprint density at radius 3 is 2.45 bits per heavy atom. The van der Waals surface area contributed by atoms with Crippen molar-refractivity contribution >= 4 is 10.8 Å². The van der Waals surface area contributed by atoms with Crippen LogP contribution in [0.2, 0.25) is 0 Å². The summed E-state index contributed by atoms with van der Waals surface area (Å²) in [6.07, 6.45) is 0.